The Morgan fingerprint density at radius 2 is 1.88 bits per heavy atom. The second kappa shape index (κ2) is 6.37. The van der Waals surface area contributed by atoms with Gasteiger partial charge in [-0.15, -0.1) is 0 Å². The minimum atomic E-state index is -3.30. The van der Waals surface area contributed by atoms with E-state index in [4.69, 9.17) is 0 Å². The van der Waals surface area contributed by atoms with Crippen molar-refractivity contribution in [1.82, 2.24) is 9.80 Å². The molecule has 0 aromatic heterocycles. The molecule has 0 radical (unpaired) electrons. The van der Waals surface area contributed by atoms with Crippen LogP contribution in [-0.2, 0) is 16.4 Å². The molecule has 2 aliphatic rings. The van der Waals surface area contributed by atoms with E-state index in [1.54, 1.807) is 12.1 Å². The van der Waals surface area contributed by atoms with E-state index in [0.29, 0.717) is 17.7 Å². The summed E-state index contributed by atoms with van der Waals surface area (Å²) in [5.74, 6) is 0.0408. The van der Waals surface area contributed by atoms with Crippen LogP contribution in [0, 0.1) is 0 Å². The average Bonchev–Trinajstić information content (AvgIpc) is 2.89. The molecule has 0 aliphatic carbocycles. The van der Waals surface area contributed by atoms with Gasteiger partial charge in [0, 0.05) is 37.8 Å². The highest BCUT2D eigenvalue weighted by atomic mass is 32.2. The van der Waals surface area contributed by atoms with Crippen LogP contribution in [0.15, 0.2) is 18.2 Å². The van der Waals surface area contributed by atoms with Crippen LogP contribution in [0.3, 0.4) is 0 Å². The average molecular weight is 351 g/mol. The summed E-state index contributed by atoms with van der Waals surface area (Å²) in [4.78, 5) is 17.0. The fourth-order valence-corrected chi connectivity index (χ4v) is 4.95. The lowest BCUT2D eigenvalue weighted by atomic mass is 10.1. The Hall–Kier alpha value is -1.60. The van der Waals surface area contributed by atoms with E-state index in [1.807, 2.05) is 17.9 Å². The number of fused-ring (bicyclic) bond motifs is 1. The van der Waals surface area contributed by atoms with E-state index >= 15 is 0 Å². The molecule has 0 N–H and O–H groups in total. The van der Waals surface area contributed by atoms with Crippen molar-refractivity contribution >= 4 is 21.6 Å². The number of carbonyl (C=O) groups is 1. The molecule has 0 saturated carbocycles. The second-order valence-corrected chi connectivity index (χ2v) is 8.54. The number of anilines is 1. The summed E-state index contributed by atoms with van der Waals surface area (Å²) in [5.41, 5.74) is 2.30. The quantitative estimate of drug-likeness (QED) is 0.820. The number of nitrogens with zero attached hydrogens (tertiary/aromatic N) is 3. The standard InChI is InChI=1S/C17H25N3O3S/c1-4-18-7-9-19(10-8-18)17(21)14-5-6-16-15(12-14)11-13(2)20(16)24(3,22)23/h5-6,12-13H,4,7-11H2,1-3H3. The first-order chi connectivity index (χ1) is 11.3. The molecular weight excluding hydrogens is 326 g/mol. The van der Waals surface area contributed by atoms with E-state index in [0.717, 1.165) is 38.3 Å². The second-order valence-electron chi connectivity index (χ2n) is 6.68. The van der Waals surface area contributed by atoms with Crippen molar-refractivity contribution in [3.63, 3.8) is 0 Å². The Morgan fingerprint density at radius 1 is 1.21 bits per heavy atom. The molecule has 0 bridgehead atoms. The normalized spacial score (nSPS) is 21.9. The number of hydrogen-bond acceptors (Lipinski definition) is 4. The molecule has 1 aromatic carbocycles. The molecule has 6 nitrogen and oxygen atoms in total. The summed E-state index contributed by atoms with van der Waals surface area (Å²) in [5, 5.41) is 0. The Kier molecular flexibility index (Phi) is 4.57. The predicted molar refractivity (Wildman–Crippen MR) is 94.9 cm³/mol. The highest BCUT2D eigenvalue weighted by Gasteiger charge is 2.33. The number of benzene rings is 1. The number of hydrogen-bond donors (Lipinski definition) is 0. The zero-order chi connectivity index (χ0) is 17.5. The third-order valence-electron chi connectivity index (χ3n) is 4.94. The fourth-order valence-electron chi connectivity index (χ4n) is 3.69. The van der Waals surface area contributed by atoms with Crippen molar-refractivity contribution in [2.45, 2.75) is 26.3 Å². The minimum Gasteiger partial charge on any atom is -0.336 e. The summed E-state index contributed by atoms with van der Waals surface area (Å²) in [7, 11) is -3.30. The van der Waals surface area contributed by atoms with Gasteiger partial charge in [-0.2, -0.15) is 0 Å². The highest BCUT2D eigenvalue weighted by molar-refractivity contribution is 7.92. The first-order valence-corrected chi connectivity index (χ1v) is 10.3. The third kappa shape index (κ3) is 3.15. The van der Waals surface area contributed by atoms with Crippen LogP contribution in [-0.4, -0.2) is 69.1 Å². The summed E-state index contributed by atoms with van der Waals surface area (Å²) in [6.07, 6.45) is 1.87. The molecular formula is C17H25N3O3S. The van der Waals surface area contributed by atoms with Crippen molar-refractivity contribution in [1.29, 1.82) is 0 Å². The van der Waals surface area contributed by atoms with Crippen LogP contribution in [0.2, 0.25) is 0 Å². The fraction of sp³-hybridized carbons (Fsp3) is 0.588. The Labute approximate surface area is 144 Å². The van der Waals surface area contributed by atoms with Gasteiger partial charge in [0.25, 0.3) is 5.91 Å². The lowest BCUT2D eigenvalue weighted by Crippen LogP contribution is -2.48. The van der Waals surface area contributed by atoms with Crippen LogP contribution in [0.1, 0.15) is 29.8 Å². The van der Waals surface area contributed by atoms with Crippen LogP contribution < -0.4 is 4.31 Å². The number of sulfonamides is 1. The molecule has 2 aliphatic heterocycles. The zero-order valence-electron chi connectivity index (χ0n) is 14.5. The number of amides is 1. The van der Waals surface area contributed by atoms with Crippen LogP contribution in [0.5, 0.6) is 0 Å². The Bertz CT molecular complexity index is 739. The summed E-state index contributed by atoms with van der Waals surface area (Å²) in [6, 6.07) is 5.29. The molecule has 132 valence electrons. The van der Waals surface area contributed by atoms with Crippen molar-refractivity contribution in [2.75, 3.05) is 43.3 Å². The molecule has 7 heteroatoms. The molecule has 1 saturated heterocycles. The maximum Gasteiger partial charge on any atom is 0.253 e. The number of rotatable bonds is 3. The topological polar surface area (TPSA) is 60.9 Å². The van der Waals surface area contributed by atoms with Gasteiger partial charge in [0.1, 0.15) is 0 Å². The van der Waals surface area contributed by atoms with Gasteiger partial charge in [-0.3, -0.25) is 9.10 Å². The van der Waals surface area contributed by atoms with Crippen LogP contribution >= 0.6 is 0 Å². The van der Waals surface area contributed by atoms with Crippen molar-refractivity contribution < 1.29 is 13.2 Å². The van der Waals surface area contributed by atoms with E-state index in [2.05, 4.69) is 11.8 Å². The first kappa shape index (κ1) is 17.2. The number of carbonyl (C=O) groups excluding carboxylic acids is 1. The smallest absolute Gasteiger partial charge is 0.253 e. The lowest BCUT2D eigenvalue weighted by Gasteiger charge is -2.34. The van der Waals surface area contributed by atoms with Crippen molar-refractivity contribution in [3.8, 4) is 0 Å². The predicted octanol–water partition coefficient (Wildman–Crippen LogP) is 1.17. The van der Waals surface area contributed by atoms with Gasteiger partial charge >= 0.3 is 0 Å². The van der Waals surface area contributed by atoms with Gasteiger partial charge in [0.2, 0.25) is 10.0 Å². The molecule has 0 spiro atoms. The van der Waals surface area contributed by atoms with Crippen molar-refractivity contribution in [3.05, 3.63) is 29.3 Å². The lowest BCUT2D eigenvalue weighted by molar-refractivity contribution is 0.0643. The summed E-state index contributed by atoms with van der Waals surface area (Å²) < 4.78 is 25.4. The summed E-state index contributed by atoms with van der Waals surface area (Å²) in [6.45, 7) is 8.35. The first-order valence-electron chi connectivity index (χ1n) is 8.45. The van der Waals surface area contributed by atoms with Gasteiger partial charge in [-0.05, 0) is 43.7 Å². The van der Waals surface area contributed by atoms with Gasteiger partial charge < -0.3 is 9.80 Å². The molecule has 1 atom stereocenters. The van der Waals surface area contributed by atoms with E-state index < -0.39 is 10.0 Å². The maximum absolute atomic E-state index is 12.7. The Morgan fingerprint density at radius 3 is 2.46 bits per heavy atom. The van der Waals surface area contributed by atoms with Gasteiger partial charge in [0.05, 0.1) is 11.9 Å². The molecule has 1 fully saturated rings. The van der Waals surface area contributed by atoms with Gasteiger partial charge in [-0.25, -0.2) is 8.42 Å². The van der Waals surface area contributed by atoms with E-state index in [-0.39, 0.29) is 11.9 Å². The van der Waals surface area contributed by atoms with E-state index in [9.17, 15) is 13.2 Å². The maximum atomic E-state index is 12.7. The molecule has 1 unspecified atom stereocenters. The minimum absolute atomic E-state index is 0.0408. The zero-order valence-corrected chi connectivity index (χ0v) is 15.3. The molecule has 2 heterocycles. The van der Waals surface area contributed by atoms with E-state index in [1.165, 1.54) is 10.6 Å². The monoisotopic (exact) mass is 351 g/mol. The number of piperazine rings is 1. The molecule has 24 heavy (non-hydrogen) atoms. The summed E-state index contributed by atoms with van der Waals surface area (Å²) >= 11 is 0. The molecule has 1 amide bonds. The van der Waals surface area contributed by atoms with Gasteiger partial charge in [0.15, 0.2) is 0 Å². The number of likely N-dealkylation sites (N-methyl/N-ethyl adjacent to an activating group) is 1. The SMILES string of the molecule is CCN1CCN(C(=O)c2ccc3c(c2)CC(C)N3S(C)(=O)=O)CC1. The van der Waals surface area contributed by atoms with Crippen molar-refractivity contribution in [2.24, 2.45) is 0 Å². The van der Waals surface area contributed by atoms with Crippen LogP contribution in [0.4, 0.5) is 5.69 Å². The molecule has 1 aromatic rings. The van der Waals surface area contributed by atoms with Crippen LogP contribution in [0.25, 0.3) is 0 Å². The third-order valence-corrected chi connectivity index (χ3v) is 6.21. The molecule has 3 rings (SSSR count). The Balaban J connectivity index is 1.80. The largest absolute Gasteiger partial charge is 0.336 e. The highest BCUT2D eigenvalue weighted by Crippen LogP contribution is 2.34. The van der Waals surface area contributed by atoms with Gasteiger partial charge in [-0.1, -0.05) is 6.92 Å².